The normalized spacial score (nSPS) is 18.7. The highest BCUT2D eigenvalue weighted by Crippen LogP contribution is 2.34. The van der Waals surface area contributed by atoms with Crippen LogP contribution in [0.25, 0.3) is 0 Å². The number of ether oxygens (including phenoxy) is 1. The van der Waals surface area contributed by atoms with Crippen LogP contribution in [-0.4, -0.2) is 53.5 Å². The molecule has 2 heterocycles. The molecule has 0 N–H and O–H groups in total. The first-order valence-electron chi connectivity index (χ1n) is 7.86. The summed E-state index contributed by atoms with van der Waals surface area (Å²) >= 11 is 5.58. The highest BCUT2D eigenvalue weighted by atomic mass is 35.5. The molecule has 1 aliphatic heterocycles. The summed E-state index contributed by atoms with van der Waals surface area (Å²) in [6.07, 6.45) is -4.76. The Balaban J connectivity index is 2.19. The number of piperazine rings is 1. The standard InChI is InChI=1S/C16H19ClF3N3O3/c1-15(2,3)26-14(25)23-7-6-22(8-10(23)9-24)12-5-4-11(17)13(21-12)16(18,19)20/h4-5,9-10H,6-8H2,1-3H3. The topological polar surface area (TPSA) is 62.7 Å². The second kappa shape index (κ2) is 7.30. The van der Waals surface area contributed by atoms with E-state index in [-0.39, 0.29) is 25.5 Å². The Morgan fingerprint density at radius 2 is 1.96 bits per heavy atom. The predicted molar refractivity (Wildman–Crippen MR) is 89.3 cm³/mol. The first-order valence-corrected chi connectivity index (χ1v) is 8.24. The zero-order valence-corrected chi connectivity index (χ0v) is 15.3. The van der Waals surface area contributed by atoms with Crippen molar-refractivity contribution in [2.24, 2.45) is 0 Å². The van der Waals surface area contributed by atoms with Crippen LogP contribution in [-0.2, 0) is 15.7 Å². The van der Waals surface area contributed by atoms with Gasteiger partial charge in [0.2, 0.25) is 0 Å². The maximum absolute atomic E-state index is 13.0. The molecule has 10 heteroatoms. The lowest BCUT2D eigenvalue weighted by atomic mass is 10.2. The Morgan fingerprint density at radius 1 is 1.31 bits per heavy atom. The average molecular weight is 394 g/mol. The number of nitrogens with zero attached hydrogens (tertiary/aromatic N) is 3. The van der Waals surface area contributed by atoms with Gasteiger partial charge < -0.3 is 14.4 Å². The van der Waals surface area contributed by atoms with E-state index in [2.05, 4.69) is 4.98 Å². The minimum atomic E-state index is -4.69. The lowest BCUT2D eigenvalue weighted by Crippen LogP contribution is -2.57. The van der Waals surface area contributed by atoms with Gasteiger partial charge in [-0.15, -0.1) is 0 Å². The number of hydrogen-bond donors (Lipinski definition) is 0. The van der Waals surface area contributed by atoms with Crippen molar-refractivity contribution in [3.05, 3.63) is 22.8 Å². The second-order valence-corrected chi connectivity index (χ2v) is 7.23. The summed E-state index contributed by atoms with van der Waals surface area (Å²) in [5, 5.41) is -0.499. The first kappa shape index (κ1) is 20.3. The smallest absolute Gasteiger partial charge is 0.434 e. The summed E-state index contributed by atoms with van der Waals surface area (Å²) in [6.45, 7) is 5.43. The molecule has 144 valence electrons. The van der Waals surface area contributed by atoms with E-state index in [4.69, 9.17) is 16.3 Å². The molecule has 1 fully saturated rings. The summed E-state index contributed by atoms with van der Waals surface area (Å²) in [5.74, 6) is 0.0393. The summed E-state index contributed by atoms with van der Waals surface area (Å²) in [6, 6.07) is 1.61. The van der Waals surface area contributed by atoms with Crippen LogP contribution in [0.15, 0.2) is 12.1 Å². The van der Waals surface area contributed by atoms with Crippen LogP contribution in [0.2, 0.25) is 5.02 Å². The number of rotatable bonds is 2. The zero-order valence-electron chi connectivity index (χ0n) is 14.5. The minimum Gasteiger partial charge on any atom is -0.444 e. The third kappa shape index (κ3) is 4.78. The van der Waals surface area contributed by atoms with E-state index in [1.165, 1.54) is 15.9 Å². The van der Waals surface area contributed by atoms with Crippen LogP contribution in [0, 0.1) is 0 Å². The van der Waals surface area contributed by atoms with Crippen LogP contribution < -0.4 is 4.90 Å². The highest BCUT2D eigenvalue weighted by Gasteiger charge is 2.37. The maximum Gasteiger partial charge on any atom is 0.434 e. The predicted octanol–water partition coefficient (Wildman–Crippen LogP) is 3.38. The van der Waals surface area contributed by atoms with E-state index in [0.29, 0.717) is 6.29 Å². The summed E-state index contributed by atoms with van der Waals surface area (Å²) in [5.41, 5.74) is -1.91. The molecule has 1 saturated heterocycles. The number of hydrogen-bond acceptors (Lipinski definition) is 5. The largest absolute Gasteiger partial charge is 0.444 e. The first-order chi connectivity index (χ1) is 11.9. The minimum absolute atomic E-state index is 0.00860. The van der Waals surface area contributed by atoms with Crippen LogP contribution in [0.3, 0.4) is 0 Å². The van der Waals surface area contributed by atoms with Crippen LogP contribution >= 0.6 is 11.6 Å². The number of carbonyl (C=O) groups is 2. The molecule has 0 bridgehead atoms. The Hall–Kier alpha value is -2.03. The van der Waals surface area contributed by atoms with Crippen molar-refractivity contribution in [3.63, 3.8) is 0 Å². The van der Waals surface area contributed by atoms with Crippen molar-refractivity contribution in [2.75, 3.05) is 24.5 Å². The fourth-order valence-corrected chi connectivity index (χ4v) is 2.70. The van der Waals surface area contributed by atoms with Crippen molar-refractivity contribution in [2.45, 2.75) is 38.6 Å². The third-order valence-corrected chi connectivity index (χ3v) is 3.93. The number of carbonyl (C=O) groups excluding carboxylic acids is 2. The van der Waals surface area contributed by atoms with E-state index in [0.717, 1.165) is 6.07 Å². The lowest BCUT2D eigenvalue weighted by Gasteiger charge is -2.40. The average Bonchev–Trinajstić information content (AvgIpc) is 2.52. The fraction of sp³-hybridized carbons (Fsp3) is 0.562. The SMILES string of the molecule is CC(C)(C)OC(=O)N1CCN(c2ccc(Cl)c(C(F)(F)F)n2)CC1C=O. The van der Waals surface area contributed by atoms with Crippen molar-refractivity contribution >= 4 is 29.8 Å². The molecule has 1 aliphatic rings. The van der Waals surface area contributed by atoms with E-state index in [1.807, 2.05) is 0 Å². The van der Waals surface area contributed by atoms with Gasteiger partial charge in [0.1, 0.15) is 23.7 Å². The number of alkyl halides is 3. The van der Waals surface area contributed by atoms with E-state index in [9.17, 15) is 22.8 Å². The monoisotopic (exact) mass is 393 g/mol. The van der Waals surface area contributed by atoms with Crippen molar-refractivity contribution < 1.29 is 27.5 Å². The van der Waals surface area contributed by atoms with Crippen molar-refractivity contribution in [1.82, 2.24) is 9.88 Å². The molecule has 1 amide bonds. The van der Waals surface area contributed by atoms with Gasteiger partial charge >= 0.3 is 12.3 Å². The molecule has 0 spiro atoms. The number of anilines is 1. The molecule has 0 aromatic carbocycles. The molecule has 1 aromatic heterocycles. The van der Waals surface area contributed by atoms with Gasteiger partial charge in [-0.2, -0.15) is 13.2 Å². The van der Waals surface area contributed by atoms with E-state index < -0.39 is 34.6 Å². The van der Waals surface area contributed by atoms with Crippen LogP contribution in [0.5, 0.6) is 0 Å². The molecule has 0 saturated carbocycles. The molecule has 1 unspecified atom stereocenters. The van der Waals surface area contributed by atoms with E-state index in [1.54, 1.807) is 20.8 Å². The van der Waals surface area contributed by atoms with Gasteiger partial charge in [0.25, 0.3) is 0 Å². The van der Waals surface area contributed by atoms with E-state index >= 15 is 0 Å². The van der Waals surface area contributed by atoms with Crippen molar-refractivity contribution in [1.29, 1.82) is 0 Å². The molecular weight excluding hydrogens is 375 g/mol. The fourth-order valence-electron chi connectivity index (χ4n) is 2.49. The van der Waals surface area contributed by atoms with Crippen molar-refractivity contribution in [3.8, 4) is 0 Å². The van der Waals surface area contributed by atoms with Gasteiger partial charge in [0.15, 0.2) is 5.69 Å². The number of halogens is 4. The third-order valence-electron chi connectivity index (χ3n) is 3.63. The Bertz CT molecular complexity index is 692. The zero-order chi connectivity index (χ0) is 19.7. The molecule has 6 nitrogen and oxygen atoms in total. The molecule has 2 rings (SSSR count). The van der Waals surface area contributed by atoms with Crippen LogP contribution in [0.4, 0.5) is 23.8 Å². The number of aromatic nitrogens is 1. The van der Waals surface area contributed by atoms with Crippen LogP contribution in [0.1, 0.15) is 26.5 Å². The Kier molecular flexibility index (Phi) is 5.70. The number of pyridine rings is 1. The van der Waals surface area contributed by atoms with Gasteiger partial charge in [0.05, 0.1) is 5.02 Å². The molecular formula is C16H19ClF3N3O3. The molecule has 1 aromatic rings. The summed E-state index contributed by atoms with van der Waals surface area (Å²) in [7, 11) is 0. The van der Waals surface area contributed by atoms with Gasteiger partial charge in [0, 0.05) is 19.6 Å². The maximum atomic E-state index is 13.0. The molecule has 1 atom stereocenters. The quantitative estimate of drug-likeness (QED) is 0.721. The summed E-state index contributed by atoms with van der Waals surface area (Å²) < 4.78 is 44.2. The molecule has 0 aliphatic carbocycles. The van der Waals surface area contributed by atoms with Gasteiger partial charge in [-0.05, 0) is 32.9 Å². The van der Waals surface area contributed by atoms with Gasteiger partial charge in [-0.25, -0.2) is 9.78 Å². The number of aldehydes is 1. The molecule has 26 heavy (non-hydrogen) atoms. The highest BCUT2D eigenvalue weighted by molar-refractivity contribution is 6.31. The van der Waals surface area contributed by atoms with Gasteiger partial charge in [-0.1, -0.05) is 11.6 Å². The summed E-state index contributed by atoms with van der Waals surface area (Å²) in [4.78, 5) is 29.9. The number of amides is 1. The van der Waals surface area contributed by atoms with Gasteiger partial charge in [-0.3, -0.25) is 4.90 Å². The molecule has 0 radical (unpaired) electrons. The Labute approximate surface area is 153 Å². The lowest BCUT2D eigenvalue weighted by molar-refractivity contribution is -0.141. The Morgan fingerprint density at radius 3 is 2.50 bits per heavy atom. The second-order valence-electron chi connectivity index (χ2n) is 6.82.